The van der Waals surface area contributed by atoms with E-state index >= 15 is 4.39 Å². The van der Waals surface area contributed by atoms with Crippen molar-refractivity contribution in [3.63, 3.8) is 0 Å². The maximum Gasteiger partial charge on any atom is 0.411 e. The van der Waals surface area contributed by atoms with Gasteiger partial charge in [0.05, 0.1) is 6.07 Å². The molecule has 2 fully saturated rings. The molecule has 2 bridgehead atoms. The monoisotopic (exact) mass is 559 g/mol. The summed E-state index contributed by atoms with van der Waals surface area (Å²) < 4.78 is 58.1. The SMILES string of the molecule is CC(C)(C)OC(=O)N1[C@@H]2CC[C@@H](C2)[C@H]1C(=O)N[C@H](C#N)Cc1ccc(-c2ccc(S(C)(=O)=O)c(F)c2)cc1F. The first kappa shape index (κ1) is 28.5. The molecule has 0 radical (unpaired) electrons. The number of nitriles is 1. The van der Waals surface area contributed by atoms with E-state index in [0.29, 0.717) is 12.0 Å². The molecule has 4 atom stereocenters. The van der Waals surface area contributed by atoms with Crippen LogP contribution in [0.5, 0.6) is 0 Å². The highest BCUT2D eigenvalue weighted by molar-refractivity contribution is 7.90. The van der Waals surface area contributed by atoms with Crippen molar-refractivity contribution in [1.82, 2.24) is 10.2 Å². The van der Waals surface area contributed by atoms with Crippen LogP contribution < -0.4 is 5.32 Å². The van der Waals surface area contributed by atoms with E-state index in [9.17, 15) is 27.7 Å². The predicted molar refractivity (Wildman–Crippen MR) is 139 cm³/mol. The van der Waals surface area contributed by atoms with Crippen LogP contribution >= 0.6 is 0 Å². The Kier molecular flexibility index (Phi) is 7.72. The van der Waals surface area contributed by atoms with Crippen molar-refractivity contribution in [2.24, 2.45) is 5.92 Å². The minimum absolute atomic E-state index is 0.0349. The van der Waals surface area contributed by atoms with Crippen LogP contribution in [0.1, 0.15) is 45.6 Å². The van der Waals surface area contributed by atoms with Gasteiger partial charge in [-0.05, 0) is 80.8 Å². The number of nitrogens with zero attached hydrogens (tertiary/aromatic N) is 2. The molecule has 0 spiro atoms. The van der Waals surface area contributed by atoms with Gasteiger partial charge in [0.2, 0.25) is 5.91 Å². The number of benzene rings is 2. The van der Waals surface area contributed by atoms with Gasteiger partial charge >= 0.3 is 6.09 Å². The van der Waals surface area contributed by atoms with E-state index in [-0.39, 0.29) is 29.5 Å². The van der Waals surface area contributed by atoms with Gasteiger partial charge in [0.25, 0.3) is 0 Å². The number of hydrogen-bond donors (Lipinski definition) is 1. The summed E-state index contributed by atoms with van der Waals surface area (Å²) in [5, 5.41) is 12.4. The summed E-state index contributed by atoms with van der Waals surface area (Å²) in [6, 6.07) is 7.76. The lowest BCUT2D eigenvalue weighted by Crippen LogP contribution is -2.55. The number of halogens is 2. The van der Waals surface area contributed by atoms with E-state index in [1.54, 1.807) is 20.8 Å². The fourth-order valence-corrected chi connectivity index (χ4v) is 6.11. The van der Waals surface area contributed by atoms with Gasteiger partial charge in [-0.2, -0.15) is 5.26 Å². The van der Waals surface area contributed by atoms with Gasteiger partial charge in [-0.3, -0.25) is 9.69 Å². The average molecular weight is 560 g/mol. The number of ether oxygens (including phenoxy) is 1. The summed E-state index contributed by atoms with van der Waals surface area (Å²) >= 11 is 0. The Bertz CT molecular complexity index is 1450. The second-order valence-corrected chi connectivity index (χ2v) is 13.2. The van der Waals surface area contributed by atoms with Crippen molar-refractivity contribution in [2.45, 2.75) is 75.1 Å². The van der Waals surface area contributed by atoms with Gasteiger partial charge in [0.15, 0.2) is 9.84 Å². The Balaban J connectivity index is 1.47. The number of amides is 2. The summed E-state index contributed by atoms with van der Waals surface area (Å²) in [5.41, 5.74) is 0.0489. The number of hydrogen-bond acceptors (Lipinski definition) is 6. The lowest BCUT2D eigenvalue weighted by Gasteiger charge is -2.35. The summed E-state index contributed by atoms with van der Waals surface area (Å²) in [5.74, 6) is -2.11. The first-order chi connectivity index (χ1) is 18.2. The number of sulfone groups is 1. The van der Waals surface area contributed by atoms with Crippen LogP contribution in [-0.2, 0) is 25.8 Å². The summed E-state index contributed by atoms with van der Waals surface area (Å²) in [6.45, 7) is 5.25. The second kappa shape index (κ2) is 10.6. The second-order valence-electron chi connectivity index (χ2n) is 11.2. The van der Waals surface area contributed by atoms with Gasteiger partial charge < -0.3 is 10.1 Å². The van der Waals surface area contributed by atoms with E-state index in [1.165, 1.54) is 29.2 Å². The molecule has 11 heteroatoms. The standard InChI is InChI=1S/C28H31F2N3O5S/c1-28(2,3)38-27(35)33-21-9-7-19(12-21)25(33)26(34)32-20(15-31)11-18-6-5-16(13-22(18)29)17-8-10-24(23(30)14-17)39(4,36)37/h5-6,8,10,13-14,19-21,25H,7,9,11-12H2,1-4H3,(H,32,34)/t19-,20-,21+,25-/m0/s1. The lowest BCUT2D eigenvalue weighted by atomic mass is 9.97. The van der Waals surface area contributed by atoms with Crippen LogP contribution in [0.3, 0.4) is 0 Å². The van der Waals surface area contributed by atoms with Crippen molar-refractivity contribution in [1.29, 1.82) is 5.26 Å². The maximum absolute atomic E-state index is 15.0. The van der Waals surface area contributed by atoms with Gasteiger partial charge in [0.1, 0.15) is 34.2 Å². The predicted octanol–water partition coefficient (Wildman–Crippen LogP) is 4.37. The molecule has 2 aromatic rings. The number of carbonyl (C=O) groups is 2. The van der Waals surface area contributed by atoms with E-state index in [1.807, 2.05) is 6.07 Å². The van der Waals surface area contributed by atoms with Crippen LogP contribution in [0.4, 0.5) is 13.6 Å². The molecule has 1 aliphatic heterocycles. The van der Waals surface area contributed by atoms with Gasteiger partial charge in [-0.25, -0.2) is 22.0 Å². The smallest absolute Gasteiger partial charge is 0.411 e. The third kappa shape index (κ3) is 6.22. The highest BCUT2D eigenvalue weighted by Crippen LogP contribution is 2.43. The number of carbonyl (C=O) groups excluding carboxylic acids is 2. The van der Waals surface area contributed by atoms with Crippen molar-refractivity contribution < 1.29 is 31.5 Å². The van der Waals surface area contributed by atoms with Gasteiger partial charge in [-0.1, -0.05) is 18.2 Å². The molecule has 2 amide bonds. The van der Waals surface area contributed by atoms with Crippen LogP contribution in [0.2, 0.25) is 0 Å². The highest BCUT2D eigenvalue weighted by atomic mass is 32.2. The summed E-state index contributed by atoms with van der Waals surface area (Å²) in [4.78, 5) is 27.1. The largest absolute Gasteiger partial charge is 0.444 e. The molecule has 1 heterocycles. The van der Waals surface area contributed by atoms with E-state index in [2.05, 4.69) is 5.32 Å². The molecular weight excluding hydrogens is 528 g/mol. The van der Waals surface area contributed by atoms with E-state index in [4.69, 9.17) is 4.74 Å². The zero-order valence-corrected chi connectivity index (χ0v) is 23.0. The quantitative estimate of drug-likeness (QED) is 0.562. The number of nitrogens with one attached hydrogen (secondary N) is 1. The number of piperidine rings is 1. The molecule has 1 saturated carbocycles. The molecule has 1 aliphatic carbocycles. The Labute approximate surface area is 226 Å². The fraction of sp³-hybridized carbons (Fsp3) is 0.464. The molecule has 1 saturated heterocycles. The minimum Gasteiger partial charge on any atom is -0.444 e. The van der Waals surface area contributed by atoms with Crippen LogP contribution in [-0.4, -0.2) is 55.3 Å². The fourth-order valence-electron chi connectivity index (χ4n) is 5.38. The van der Waals surface area contributed by atoms with E-state index < -0.39 is 56.1 Å². The third-order valence-electron chi connectivity index (χ3n) is 7.07. The number of likely N-dealkylation sites (tertiary alicyclic amines) is 1. The first-order valence-electron chi connectivity index (χ1n) is 12.7. The Hall–Kier alpha value is -3.52. The van der Waals surface area contributed by atoms with Crippen molar-refractivity contribution >= 4 is 21.8 Å². The summed E-state index contributed by atoms with van der Waals surface area (Å²) in [6.07, 6.45) is 2.48. The molecule has 2 aromatic carbocycles. The Morgan fingerprint density at radius 3 is 2.33 bits per heavy atom. The normalized spacial score (nSPS) is 21.4. The Morgan fingerprint density at radius 2 is 1.77 bits per heavy atom. The zero-order chi connectivity index (χ0) is 28.7. The molecule has 39 heavy (non-hydrogen) atoms. The number of rotatable bonds is 6. The molecule has 0 unspecified atom stereocenters. The van der Waals surface area contributed by atoms with Crippen LogP contribution in [0.15, 0.2) is 41.3 Å². The lowest BCUT2D eigenvalue weighted by molar-refractivity contribution is -0.128. The third-order valence-corrected chi connectivity index (χ3v) is 8.20. The molecule has 2 aliphatic rings. The van der Waals surface area contributed by atoms with E-state index in [0.717, 1.165) is 31.2 Å². The first-order valence-corrected chi connectivity index (χ1v) is 14.6. The van der Waals surface area contributed by atoms with Crippen molar-refractivity contribution in [3.8, 4) is 17.2 Å². The van der Waals surface area contributed by atoms with Crippen molar-refractivity contribution in [2.75, 3.05) is 6.26 Å². The van der Waals surface area contributed by atoms with Crippen LogP contribution in [0.25, 0.3) is 11.1 Å². The van der Waals surface area contributed by atoms with Crippen LogP contribution in [0, 0.1) is 28.9 Å². The molecule has 208 valence electrons. The molecular formula is C28H31F2N3O5S. The molecule has 0 aromatic heterocycles. The number of fused-ring (bicyclic) bond motifs is 2. The Morgan fingerprint density at radius 1 is 1.13 bits per heavy atom. The molecule has 8 nitrogen and oxygen atoms in total. The van der Waals surface area contributed by atoms with Gasteiger partial charge in [0, 0.05) is 18.7 Å². The topological polar surface area (TPSA) is 117 Å². The van der Waals surface area contributed by atoms with Crippen molar-refractivity contribution in [3.05, 3.63) is 53.6 Å². The highest BCUT2D eigenvalue weighted by Gasteiger charge is 2.52. The van der Waals surface area contributed by atoms with Gasteiger partial charge in [-0.15, -0.1) is 0 Å². The maximum atomic E-state index is 15.0. The molecule has 1 N–H and O–H groups in total. The average Bonchev–Trinajstić information content (AvgIpc) is 3.44. The minimum atomic E-state index is -3.74. The summed E-state index contributed by atoms with van der Waals surface area (Å²) in [7, 11) is -3.74. The molecule has 4 rings (SSSR count). The zero-order valence-electron chi connectivity index (χ0n) is 22.2.